The van der Waals surface area contributed by atoms with Crippen molar-refractivity contribution < 1.29 is 14.3 Å². The van der Waals surface area contributed by atoms with E-state index < -0.39 is 6.23 Å². The molecule has 1 unspecified atom stereocenters. The van der Waals surface area contributed by atoms with E-state index in [2.05, 4.69) is 5.32 Å². The molecule has 4 heteroatoms. The molecule has 0 saturated carbocycles. The summed E-state index contributed by atoms with van der Waals surface area (Å²) in [7, 11) is 1.56. The van der Waals surface area contributed by atoms with Gasteiger partial charge in [-0.15, -0.1) is 0 Å². The van der Waals surface area contributed by atoms with E-state index >= 15 is 0 Å². The maximum atomic E-state index is 12.1. The van der Waals surface area contributed by atoms with E-state index in [1.165, 1.54) is 0 Å². The minimum Gasteiger partial charge on any atom is -0.493 e. The van der Waals surface area contributed by atoms with Crippen molar-refractivity contribution in [3.63, 3.8) is 0 Å². The van der Waals surface area contributed by atoms with Crippen LogP contribution >= 0.6 is 0 Å². The summed E-state index contributed by atoms with van der Waals surface area (Å²) < 4.78 is 11.1. The second-order valence-electron chi connectivity index (χ2n) is 4.22. The molecule has 1 aliphatic heterocycles. The number of amides is 1. The summed E-state index contributed by atoms with van der Waals surface area (Å²) >= 11 is 0. The summed E-state index contributed by atoms with van der Waals surface area (Å²) in [6, 6.07) is 14.8. The summed E-state index contributed by atoms with van der Waals surface area (Å²) in [6.45, 7) is 0. The van der Waals surface area contributed by atoms with Gasteiger partial charge in [0, 0.05) is 5.56 Å². The molecule has 2 aromatic rings. The second-order valence-corrected chi connectivity index (χ2v) is 4.22. The lowest BCUT2D eigenvalue weighted by Crippen LogP contribution is -2.36. The standard InChI is InChI=1S/C15H13NO3/c1-18-12-9-5-8-11-13(12)19-15(16-14(11)17)10-6-3-2-4-7-10/h2-9,15H,1H3,(H,16,17). The molecule has 4 nitrogen and oxygen atoms in total. The molecule has 1 atom stereocenters. The van der Waals surface area contributed by atoms with Crippen molar-refractivity contribution in [2.75, 3.05) is 7.11 Å². The Bertz CT molecular complexity index is 610. The molecule has 0 spiro atoms. The van der Waals surface area contributed by atoms with Gasteiger partial charge in [-0.1, -0.05) is 36.4 Å². The third-order valence-electron chi connectivity index (χ3n) is 3.04. The lowest BCUT2D eigenvalue weighted by atomic mass is 10.1. The van der Waals surface area contributed by atoms with E-state index in [1.54, 1.807) is 25.3 Å². The van der Waals surface area contributed by atoms with Crippen molar-refractivity contribution in [2.24, 2.45) is 0 Å². The number of ether oxygens (including phenoxy) is 2. The monoisotopic (exact) mass is 255 g/mol. The quantitative estimate of drug-likeness (QED) is 0.897. The van der Waals surface area contributed by atoms with Crippen LogP contribution in [0.5, 0.6) is 11.5 Å². The van der Waals surface area contributed by atoms with Crippen molar-refractivity contribution in [1.29, 1.82) is 0 Å². The Balaban J connectivity index is 2.02. The van der Waals surface area contributed by atoms with Crippen LogP contribution < -0.4 is 14.8 Å². The van der Waals surface area contributed by atoms with Crippen LogP contribution in [0.3, 0.4) is 0 Å². The number of carbonyl (C=O) groups is 1. The lowest BCUT2D eigenvalue weighted by molar-refractivity contribution is 0.0746. The summed E-state index contributed by atoms with van der Waals surface area (Å²) in [5, 5.41) is 2.82. The summed E-state index contributed by atoms with van der Waals surface area (Å²) in [5.74, 6) is 0.893. The highest BCUT2D eigenvalue weighted by Gasteiger charge is 2.28. The Labute approximate surface area is 111 Å². The number of methoxy groups -OCH3 is 1. The first-order valence-corrected chi connectivity index (χ1v) is 5.99. The highest BCUT2D eigenvalue weighted by atomic mass is 16.5. The third-order valence-corrected chi connectivity index (χ3v) is 3.04. The van der Waals surface area contributed by atoms with Gasteiger partial charge >= 0.3 is 0 Å². The first-order chi connectivity index (χ1) is 9.29. The largest absolute Gasteiger partial charge is 0.493 e. The smallest absolute Gasteiger partial charge is 0.258 e. The molecule has 0 fully saturated rings. The lowest BCUT2D eigenvalue weighted by Gasteiger charge is -2.28. The van der Waals surface area contributed by atoms with Gasteiger partial charge in [-0.05, 0) is 12.1 Å². The molecule has 2 aromatic carbocycles. The average Bonchev–Trinajstić information content (AvgIpc) is 2.47. The fourth-order valence-electron chi connectivity index (χ4n) is 2.10. The summed E-state index contributed by atoms with van der Waals surface area (Å²) in [5.41, 5.74) is 1.39. The Morgan fingerprint density at radius 3 is 2.63 bits per heavy atom. The first kappa shape index (κ1) is 11.6. The maximum Gasteiger partial charge on any atom is 0.258 e. The van der Waals surface area contributed by atoms with Crippen molar-refractivity contribution in [3.05, 3.63) is 59.7 Å². The number of carbonyl (C=O) groups excluding carboxylic acids is 1. The molecule has 0 saturated heterocycles. The Hall–Kier alpha value is -2.49. The van der Waals surface area contributed by atoms with Crippen LogP contribution in [0.15, 0.2) is 48.5 Å². The zero-order valence-corrected chi connectivity index (χ0v) is 10.4. The minimum atomic E-state index is -0.488. The number of rotatable bonds is 2. The predicted molar refractivity (Wildman–Crippen MR) is 70.3 cm³/mol. The highest BCUT2D eigenvalue weighted by molar-refractivity contribution is 5.98. The Morgan fingerprint density at radius 2 is 1.89 bits per heavy atom. The van der Waals surface area contributed by atoms with E-state index in [-0.39, 0.29) is 5.91 Å². The minimum absolute atomic E-state index is 0.158. The van der Waals surface area contributed by atoms with Gasteiger partial charge in [0.1, 0.15) is 0 Å². The topological polar surface area (TPSA) is 47.6 Å². The first-order valence-electron chi connectivity index (χ1n) is 5.99. The number of nitrogens with one attached hydrogen (secondary N) is 1. The molecule has 0 aromatic heterocycles. The van der Waals surface area contributed by atoms with Crippen LogP contribution in [0.25, 0.3) is 0 Å². The van der Waals surface area contributed by atoms with Crippen LogP contribution in [-0.2, 0) is 0 Å². The molecule has 1 aliphatic rings. The molecule has 0 radical (unpaired) electrons. The van der Waals surface area contributed by atoms with Gasteiger partial charge in [-0.3, -0.25) is 4.79 Å². The fourth-order valence-corrected chi connectivity index (χ4v) is 2.10. The molecule has 0 bridgehead atoms. The Kier molecular flexibility index (Phi) is 2.83. The molecule has 19 heavy (non-hydrogen) atoms. The van der Waals surface area contributed by atoms with Gasteiger partial charge < -0.3 is 14.8 Å². The van der Waals surface area contributed by atoms with E-state index in [0.29, 0.717) is 17.1 Å². The number of para-hydroxylation sites is 1. The summed E-state index contributed by atoms with van der Waals surface area (Å²) in [6.07, 6.45) is -0.488. The number of hydrogen-bond donors (Lipinski definition) is 1. The van der Waals surface area contributed by atoms with Crippen LogP contribution in [0.1, 0.15) is 22.1 Å². The van der Waals surface area contributed by atoms with E-state index in [0.717, 1.165) is 5.56 Å². The number of benzene rings is 2. The van der Waals surface area contributed by atoms with E-state index in [4.69, 9.17) is 9.47 Å². The highest BCUT2D eigenvalue weighted by Crippen LogP contribution is 2.36. The van der Waals surface area contributed by atoms with Crippen LogP contribution in [0.2, 0.25) is 0 Å². The Morgan fingerprint density at radius 1 is 1.11 bits per heavy atom. The number of fused-ring (bicyclic) bond motifs is 1. The van der Waals surface area contributed by atoms with E-state index in [1.807, 2.05) is 30.3 Å². The van der Waals surface area contributed by atoms with Gasteiger partial charge in [0.25, 0.3) is 5.91 Å². The normalized spacial score (nSPS) is 17.1. The van der Waals surface area contributed by atoms with Crippen molar-refractivity contribution in [2.45, 2.75) is 6.23 Å². The van der Waals surface area contributed by atoms with Crippen molar-refractivity contribution in [3.8, 4) is 11.5 Å². The van der Waals surface area contributed by atoms with Crippen molar-refractivity contribution >= 4 is 5.91 Å². The molecule has 1 amide bonds. The van der Waals surface area contributed by atoms with Gasteiger partial charge in [0.15, 0.2) is 17.7 Å². The van der Waals surface area contributed by atoms with Crippen molar-refractivity contribution in [1.82, 2.24) is 5.32 Å². The van der Waals surface area contributed by atoms with Gasteiger partial charge in [-0.2, -0.15) is 0 Å². The maximum absolute atomic E-state index is 12.1. The van der Waals surface area contributed by atoms with Gasteiger partial charge in [0.05, 0.1) is 12.7 Å². The fraction of sp³-hybridized carbons (Fsp3) is 0.133. The predicted octanol–water partition coefficient (Wildman–Crippen LogP) is 2.52. The van der Waals surface area contributed by atoms with Gasteiger partial charge in [-0.25, -0.2) is 0 Å². The third kappa shape index (κ3) is 2.01. The second kappa shape index (κ2) is 4.65. The molecule has 3 rings (SSSR count). The molecule has 1 N–H and O–H groups in total. The zero-order valence-electron chi connectivity index (χ0n) is 10.4. The van der Waals surface area contributed by atoms with Crippen LogP contribution in [0.4, 0.5) is 0 Å². The van der Waals surface area contributed by atoms with E-state index in [9.17, 15) is 4.79 Å². The average molecular weight is 255 g/mol. The summed E-state index contributed by atoms with van der Waals surface area (Å²) in [4.78, 5) is 12.1. The molecule has 96 valence electrons. The number of hydrogen-bond acceptors (Lipinski definition) is 3. The SMILES string of the molecule is COc1cccc2c1OC(c1ccccc1)NC2=O. The molecule has 1 heterocycles. The van der Waals surface area contributed by atoms with Crippen LogP contribution in [-0.4, -0.2) is 13.0 Å². The molecular weight excluding hydrogens is 242 g/mol. The molecule has 0 aliphatic carbocycles. The molecular formula is C15H13NO3. The van der Waals surface area contributed by atoms with Crippen LogP contribution in [0, 0.1) is 0 Å². The zero-order chi connectivity index (χ0) is 13.2. The van der Waals surface area contributed by atoms with Gasteiger partial charge in [0.2, 0.25) is 0 Å².